The van der Waals surface area contributed by atoms with Gasteiger partial charge in [0, 0.05) is 24.6 Å². The van der Waals surface area contributed by atoms with Crippen LogP contribution >= 0.6 is 0 Å². The summed E-state index contributed by atoms with van der Waals surface area (Å²) in [6.45, 7) is 5.07. The van der Waals surface area contributed by atoms with Crippen LogP contribution in [0.3, 0.4) is 0 Å². The van der Waals surface area contributed by atoms with Gasteiger partial charge < -0.3 is 4.90 Å². The maximum Gasteiger partial charge on any atom is 0.257 e. The van der Waals surface area contributed by atoms with Crippen LogP contribution in [0.5, 0.6) is 0 Å². The third kappa shape index (κ3) is 3.93. The van der Waals surface area contributed by atoms with E-state index < -0.39 is 15.9 Å². The first-order valence-corrected chi connectivity index (χ1v) is 11.4. The monoisotopic (exact) mass is 398 g/mol. The first-order chi connectivity index (χ1) is 12.8. The topological polar surface area (TPSA) is 84.6 Å². The van der Waals surface area contributed by atoms with Crippen LogP contribution < -0.4 is 0 Å². The van der Waals surface area contributed by atoms with Crippen molar-refractivity contribution in [1.29, 1.82) is 0 Å². The molecule has 1 fully saturated rings. The van der Waals surface area contributed by atoms with Crippen molar-refractivity contribution in [2.45, 2.75) is 63.7 Å². The first-order valence-electron chi connectivity index (χ1n) is 9.50. The molecular weight excluding hydrogens is 371 g/mol. The highest BCUT2D eigenvalue weighted by atomic mass is 32.2. The Hall–Kier alpha value is -1.77. The van der Waals surface area contributed by atoms with Crippen molar-refractivity contribution in [3.05, 3.63) is 11.9 Å². The highest BCUT2D eigenvalue weighted by molar-refractivity contribution is 7.93. The zero-order valence-electron chi connectivity index (χ0n) is 16.1. The Morgan fingerprint density at radius 2 is 2.00 bits per heavy atom. The number of alkyl halides is 1. The Labute approximate surface area is 159 Å². The van der Waals surface area contributed by atoms with Gasteiger partial charge in [-0.05, 0) is 25.7 Å². The molecule has 27 heavy (non-hydrogen) atoms. The standard InChI is InChI=1S/C18H27FN4O3S/c1-4-12(5-2)17(24)21-27(3,26)16-10-20-23-7-6-22(11-15(16)23)18(25)13-8-14(19)9-13/h10,12-14H,4-9,11H2,1-3H3. The van der Waals surface area contributed by atoms with Gasteiger partial charge in [0.2, 0.25) is 5.91 Å². The highest BCUT2D eigenvalue weighted by Crippen LogP contribution is 2.33. The lowest BCUT2D eigenvalue weighted by Gasteiger charge is -2.36. The van der Waals surface area contributed by atoms with E-state index in [2.05, 4.69) is 9.46 Å². The van der Waals surface area contributed by atoms with E-state index in [0.29, 0.717) is 36.5 Å². The summed E-state index contributed by atoms with van der Waals surface area (Å²) in [7, 11) is -2.95. The van der Waals surface area contributed by atoms with Crippen LogP contribution in [0, 0.1) is 11.8 Å². The van der Waals surface area contributed by atoms with Gasteiger partial charge in [-0.1, -0.05) is 13.8 Å². The van der Waals surface area contributed by atoms with Gasteiger partial charge in [0.25, 0.3) is 5.91 Å². The molecule has 0 radical (unpaired) electrons. The molecule has 1 unspecified atom stereocenters. The number of rotatable bonds is 5. The largest absolute Gasteiger partial charge is 0.335 e. The van der Waals surface area contributed by atoms with Crippen molar-refractivity contribution in [1.82, 2.24) is 14.7 Å². The van der Waals surface area contributed by atoms with Crippen molar-refractivity contribution in [3.63, 3.8) is 0 Å². The molecule has 1 aliphatic carbocycles. The molecule has 0 spiro atoms. The smallest absolute Gasteiger partial charge is 0.257 e. The number of hydrogen-bond acceptors (Lipinski definition) is 4. The molecule has 2 amide bonds. The van der Waals surface area contributed by atoms with Gasteiger partial charge in [-0.15, -0.1) is 0 Å². The Balaban J connectivity index is 1.84. The molecule has 150 valence electrons. The molecule has 1 aromatic rings. The number of fused-ring (bicyclic) bond motifs is 1. The zero-order valence-corrected chi connectivity index (χ0v) is 16.9. The molecule has 9 heteroatoms. The summed E-state index contributed by atoms with van der Waals surface area (Å²) in [5.74, 6) is -0.901. The summed E-state index contributed by atoms with van der Waals surface area (Å²) in [5, 5.41) is 4.27. The predicted octanol–water partition coefficient (Wildman–Crippen LogP) is 2.39. The van der Waals surface area contributed by atoms with Gasteiger partial charge in [-0.3, -0.25) is 14.3 Å². The number of halogens is 1. The van der Waals surface area contributed by atoms with E-state index in [9.17, 15) is 18.2 Å². The second-order valence-electron chi connectivity index (χ2n) is 7.45. The minimum atomic E-state index is -2.95. The van der Waals surface area contributed by atoms with Crippen molar-refractivity contribution >= 4 is 21.5 Å². The second-order valence-corrected chi connectivity index (χ2v) is 9.68. The molecule has 1 atom stereocenters. The zero-order chi connectivity index (χ0) is 19.8. The number of carbonyl (C=O) groups is 2. The number of hydrogen-bond donors (Lipinski definition) is 0. The summed E-state index contributed by atoms with van der Waals surface area (Å²) in [4.78, 5) is 27.0. The van der Waals surface area contributed by atoms with Gasteiger partial charge >= 0.3 is 0 Å². The molecule has 7 nitrogen and oxygen atoms in total. The van der Waals surface area contributed by atoms with Crippen molar-refractivity contribution in [2.75, 3.05) is 12.8 Å². The molecule has 2 heterocycles. The Bertz CT molecular complexity index is 849. The average Bonchev–Trinajstić information content (AvgIpc) is 3.03. The van der Waals surface area contributed by atoms with Crippen LogP contribution in [0.1, 0.15) is 45.2 Å². The van der Waals surface area contributed by atoms with Crippen LogP contribution in [0.2, 0.25) is 0 Å². The van der Waals surface area contributed by atoms with Gasteiger partial charge in [0.1, 0.15) is 6.17 Å². The lowest BCUT2D eigenvalue weighted by molar-refractivity contribution is -0.142. The average molecular weight is 399 g/mol. The van der Waals surface area contributed by atoms with Gasteiger partial charge in [-0.25, -0.2) is 8.60 Å². The van der Waals surface area contributed by atoms with Crippen molar-refractivity contribution in [2.24, 2.45) is 16.2 Å². The van der Waals surface area contributed by atoms with Crippen LogP contribution in [0.4, 0.5) is 4.39 Å². The van der Waals surface area contributed by atoms with Crippen molar-refractivity contribution in [3.8, 4) is 0 Å². The predicted molar refractivity (Wildman–Crippen MR) is 99.1 cm³/mol. The van der Waals surface area contributed by atoms with E-state index in [1.807, 2.05) is 13.8 Å². The third-order valence-corrected chi connectivity index (χ3v) is 7.27. The summed E-state index contributed by atoms with van der Waals surface area (Å²) in [5.41, 5.74) is 0.652. The minimum absolute atomic E-state index is 0.0602. The second kappa shape index (κ2) is 7.69. The molecule has 1 aromatic heterocycles. The number of carbonyl (C=O) groups excluding carboxylic acids is 2. The molecule has 0 N–H and O–H groups in total. The Morgan fingerprint density at radius 1 is 1.33 bits per heavy atom. The molecule has 2 aliphatic rings. The molecule has 0 saturated heterocycles. The first kappa shape index (κ1) is 20.0. The van der Waals surface area contributed by atoms with E-state index >= 15 is 0 Å². The van der Waals surface area contributed by atoms with Crippen LogP contribution in [-0.4, -0.2) is 49.7 Å². The van der Waals surface area contributed by atoms with Crippen LogP contribution in [0.15, 0.2) is 15.5 Å². The van der Waals surface area contributed by atoms with E-state index in [1.54, 1.807) is 9.58 Å². The molecule has 1 saturated carbocycles. The quantitative estimate of drug-likeness (QED) is 0.762. The lowest BCUT2D eigenvalue weighted by atomic mass is 9.82. The van der Waals surface area contributed by atoms with Gasteiger partial charge in [-0.2, -0.15) is 9.46 Å². The minimum Gasteiger partial charge on any atom is -0.335 e. The Kier molecular flexibility index (Phi) is 5.69. The summed E-state index contributed by atoms with van der Waals surface area (Å²) >= 11 is 0. The summed E-state index contributed by atoms with van der Waals surface area (Å²) in [6, 6.07) is 0. The molecule has 1 aliphatic heterocycles. The number of amides is 2. The van der Waals surface area contributed by atoms with E-state index in [1.165, 1.54) is 12.5 Å². The molecule has 0 aromatic carbocycles. The van der Waals surface area contributed by atoms with E-state index in [4.69, 9.17) is 0 Å². The van der Waals surface area contributed by atoms with Gasteiger partial charge in [0.05, 0.1) is 39.6 Å². The van der Waals surface area contributed by atoms with Crippen molar-refractivity contribution < 1.29 is 18.2 Å². The normalized spacial score (nSPS) is 24.1. The SMILES string of the molecule is CCC(CC)C(=O)N=S(C)(=O)c1cnn2c1CN(C(=O)C1CC(F)C1)CC2. The highest BCUT2D eigenvalue weighted by Gasteiger charge is 2.38. The van der Waals surface area contributed by atoms with E-state index in [0.717, 1.165) is 0 Å². The fraction of sp³-hybridized carbons (Fsp3) is 0.722. The Morgan fingerprint density at radius 3 is 2.59 bits per heavy atom. The fourth-order valence-corrected chi connectivity index (χ4v) is 5.11. The fourth-order valence-electron chi connectivity index (χ4n) is 3.67. The molecule has 3 rings (SSSR count). The summed E-state index contributed by atoms with van der Waals surface area (Å²) in [6.07, 6.45) is 3.94. The third-order valence-electron chi connectivity index (χ3n) is 5.58. The maximum atomic E-state index is 13.2. The van der Waals surface area contributed by atoms with Crippen LogP contribution in [0.25, 0.3) is 0 Å². The lowest BCUT2D eigenvalue weighted by Crippen LogP contribution is -2.46. The number of nitrogens with zero attached hydrogens (tertiary/aromatic N) is 4. The van der Waals surface area contributed by atoms with Crippen LogP contribution in [-0.2, 0) is 32.4 Å². The van der Waals surface area contributed by atoms with Gasteiger partial charge in [0.15, 0.2) is 0 Å². The molecule has 0 bridgehead atoms. The maximum absolute atomic E-state index is 13.2. The number of aromatic nitrogens is 2. The molecular formula is C18H27FN4O3S. The summed E-state index contributed by atoms with van der Waals surface area (Å²) < 4.78 is 32.0. The van der Waals surface area contributed by atoms with E-state index in [-0.39, 0.29) is 43.0 Å².